The maximum Gasteiger partial charge on any atom is 0.285 e. The summed E-state index contributed by atoms with van der Waals surface area (Å²) < 4.78 is 0. The van der Waals surface area contributed by atoms with Crippen LogP contribution in [0.25, 0.3) is 0 Å². The van der Waals surface area contributed by atoms with E-state index in [1.807, 2.05) is 18.2 Å². The quantitative estimate of drug-likeness (QED) is 0.661. The molecule has 2 N–H and O–H groups in total. The molecule has 0 aliphatic rings. The summed E-state index contributed by atoms with van der Waals surface area (Å²) in [6.45, 7) is 1.60. The van der Waals surface area contributed by atoms with Crippen molar-refractivity contribution in [2.24, 2.45) is 0 Å². The number of carbonyl (C=O) groups is 1. The van der Waals surface area contributed by atoms with Gasteiger partial charge in [0.25, 0.3) is 11.6 Å². The van der Waals surface area contributed by atoms with Crippen molar-refractivity contribution in [2.75, 3.05) is 5.43 Å². The van der Waals surface area contributed by atoms with Crippen LogP contribution in [0.4, 0.5) is 11.4 Å². The maximum atomic E-state index is 12.0. The lowest BCUT2D eigenvalue weighted by Crippen LogP contribution is -2.30. The van der Waals surface area contributed by atoms with E-state index in [-0.39, 0.29) is 11.3 Å². The van der Waals surface area contributed by atoms with Crippen LogP contribution >= 0.6 is 0 Å². The third-order valence-corrected chi connectivity index (χ3v) is 2.76. The van der Waals surface area contributed by atoms with Gasteiger partial charge in [0.1, 0.15) is 5.56 Å². The van der Waals surface area contributed by atoms with Crippen LogP contribution in [0, 0.1) is 17.0 Å². The number of hydrazine groups is 1. The Balaban J connectivity index is 2.18. The zero-order valence-electron chi connectivity index (χ0n) is 10.8. The predicted octanol–water partition coefficient (Wildman–Crippen LogP) is 2.66. The molecule has 6 heteroatoms. The summed E-state index contributed by atoms with van der Waals surface area (Å²) in [6, 6.07) is 13.6. The molecule has 0 unspecified atom stereocenters. The molecule has 0 aliphatic heterocycles. The molecule has 0 atom stereocenters. The number of hydrogen-bond donors (Lipinski definition) is 2. The molecule has 102 valence electrons. The zero-order chi connectivity index (χ0) is 14.5. The largest absolute Gasteiger partial charge is 0.298 e. The van der Waals surface area contributed by atoms with Crippen LogP contribution < -0.4 is 10.9 Å². The average molecular weight is 271 g/mol. The second-order valence-electron chi connectivity index (χ2n) is 4.17. The van der Waals surface area contributed by atoms with Crippen LogP contribution in [0.1, 0.15) is 15.9 Å². The van der Waals surface area contributed by atoms with Crippen LogP contribution in [-0.2, 0) is 0 Å². The first-order valence-corrected chi connectivity index (χ1v) is 5.95. The number of nitrogens with one attached hydrogen (secondary N) is 2. The number of amides is 1. The summed E-state index contributed by atoms with van der Waals surface area (Å²) in [6.07, 6.45) is 0. The molecular formula is C14H13N3O3. The first-order valence-electron chi connectivity index (χ1n) is 5.95. The van der Waals surface area contributed by atoms with E-state index in [2.05, 4.69) is 10.9 Å². The number of anilines is 1. The normalized spacial score (nSPS) is 9.85. The van der Waals surface area contributed by atoms with Gasteiger partial charge < -0.3 is 0 Å². The van der Waals surface area contributed by atoms with E-state index < -0.39 is 10.8 Å². The molecule has 0 heterocycles. The third-order valence-electron chi connectivity index (χ3n) is 2.76. The van der Waals surface area contributed by atoms with Gasteiger partial charge >= 0.3 is 0 Å². The van der Waals surface area contributed by atoms with Gasteiger partial charge in [-0.3, -0.25) is 25.8 Å². The molecular weight excluding hydrogens is 258 g/mol. The Labute approximate surface area is 115 Å². The van der Waals surface area contributed by atoms with Crippen molar-refractivity contribution >= 4 is 17.3 Å². The first kappa shape index (κ1) is 13.5. The van der Waals surface area contributed by atoms with Crippen molar-refractivity contribution in [3.8, 4) is 0 Å². The highest BCUT2D eigenvalue weighted by Gasteiger charge is 2.22. The number of rotatable bonds is 4. The lowest BCUT2D eigenvalue weighted by molar-refractivity contribution is -0.385. The van der Waals surface area contributed by atoms with Crippen LogP contribution in [0.3, 0.4) is 0 Å². The van der Waals surface area contributed by atoms with Gasteiger partial charge in [-0.05, 0) is 25.1 Å². The number of nitro groups is 1. The third kappa shape index (κ3) is 2.92. The first-order chi connectivity index (χ1) is 9.59. The standard InChI is InChI=1S/C14H13N3O3/c1-10-6-5-9-12(13(10)17(19)20)14(18)16-15-11-7-3-2-4-8-11/h2-9,15H,1H3,(H,16,18). The van der Waals surface area contributed by atoms with Gasteiger partial charge in [-0.2, -0.15) is 0 Å². The van der Waals surface area contributed by atoms with Crippen LogP contribution in [0.5, 0.6) is 0 Å². The Morgan fingerprint density at radius 3 is 2.45 bits per heavy atom. The minimum absolute atomic E-state index is 0.0263. The Morgan fingerprint density at radius 2 is 1.80 bits per heavy atom. The summed E-state index contributed by atoms with van der Waals surface area (Å²) in [7, 11) is 0. The maximum absolute atomic E-state index is 12.0. The van der Waals surface area contributed by atoms with Gasteiger partial charge in [0, 0.05) is 5.56 Å². The Morgan fingerprint density at radius 1 is 1.10 bits per heavy atom. The van der Waals surface area contributed by atoms with Crippen molar-refractivity contribution in [3.05, 3.63) is 69.8 Å². The molecule has 0 radical (unpaired) electrons. The van der Waals surface area contributed by atoms with E-state index in [0.29, 0.717) is 11.3 Å². The Kier molecular flexibility index (Phi) is 3.95. The minimum atomic E-state index is -0.552. The molecule has 0 fully saturated rings. The van der Waals surface area contributed by atoms with E-state index >= 15 is 0 Å². The fourth-order valence-electron chi connectivity index (χ4n) is 1.80. The van der Waals surface area contributed by atoms with E-state index in [1.165, 1.54) is 6.07 Å². The average Bonchev–Trinajstić information content (AvgIpc) is 2.45. The SMILES string of the molecule is Cc1cccc(C(=O)NNc2ccccc2)c1[N+](=O)[O-]. The van der Waals surface area contributed by atoms with Gasteiger partial charge in [-0.15, -0.1) is 0 Å². The number of hydrogen-bond acceptors (Lipinski definition) is 4. The number of nitrogens with zero attached hydrogens (tertiary/aromatic N) is 1. The van der Waals surface area contributed by atoms with E-state index in [1.54, 1.807) is 31.2 Å². The van der Waals surface area contributed by atoms with E-state index in [9.17, 15) is 14.9 Å². The summed E-state index contributed by atoms with van der Waals surface area (Å²) in [5, 5.41) is 11.0. The second-order valence-corrected chi connectivity index (χ2v) is 4.17. The number of carbonyl (C=O) groups excluding carboxylic acids is 1. The van der Waals surface area contributed by atoms with Crippen molar-refractivity contribution in [1.82, 2.24) is 5.43 Å². The van der Waals surface area contributed by atoms with E-state index in [4.69, 9.17) is 0 Å². The summed E-state index contributed by atoms with van der Waals surface area (Å²) >= 11 is 0. The number of benzene rings is 2. The monoisotopic (exact) mass is 271 g/mol. The molecule has 2 aromatic carbocycles. The highest BCUT2D eigenvalue weighted by Crippen LogP contribution is 2.22. The lowest BCUT2D eigenvalue weighted by atomic mass is 10.1. The molecule has 0 bridgehead atoms. The topological polar surface area (TPSA) is 84.3 Å². The lowest BCUT2D eigenvalue weighted by Gasteiger charge is -2.09. The highest BCUT2D eigenvalue weighted by atomic mass is 16.6. The molecule has 0 saturated carbocycles. The molecule has 0 aliphatic carbocycles. The molecule has 6 nitrogen and oxygen atoms in total. The number of aryl methyl sites for hydroxylation is 1. The highest BCUT2D eigenvalue weighted by molar-refractivity contribution is 5.99. The van der Waals surface area contributed by atoms with Crippen LogP contribution in [0.2, 0.25) is 0 Å². The summed E-state index contributed by atoms with van der Waals surface area (Å²) in [4.78, 5) is 22.5. The number of para-hydroxylation sites is 2. The molecule has 0 saturated heterocycles. The fraction of sp³-hybridized carbons (Fsp3) is 0.0714. The Bertz CT molecular complexity index is 641. The molecule has 2 rings (SSSR count). The van der Waals surface area contributed by atoms with Gasteiger partial charge in [0.05, 0.1) is 10.6 Å². The minimum Gasteiger partial charge on any atom is -0.298 e. The zero-order valence-corrected chi connectivity index (χ0v) is 10.8. The van der Waals surface area contributed by atoms with Crippen molar-refractivity contribution in [1.29, 1.82) is 0 Å². The van der Waals surface area contributed by atoms with E-state index in [0.717, 1.165) is 0 Å². The van der Waals surface area contributed by atoms with Crippen LogP contribution in [-0.4, -0.2) is 10.8 Å². The second kappa shape index (κ2) is 5.83. The van der Waals surface area contributed by atoms with Gasteiger partial charge in [0.2, 0.25) is 0 Å². The van der Waals surface area contributed by atoms with Crippen molar-refractivity contribution < 1.29 is 9.72 Å². The molecule has 0 aromatic heterocycles. The Hall–Kier alpha value is -2.89. The van der Waals surface area contributed by atoms with Crippen molar-refractivity contribution in [2.45, 2.75) is 6.92 Å². The molecule has 0 spiro atoms. The predicted molar refractivity (Wildman–Crippen MR) is 75.4 cm³/mol. The molecule has 20 heavy (non-hydrogen) atoms. The van der Waals surface area contributed by atoms with Gasteiger partial charge in [0.15, 0.2) is 0 Å². The van der Waals surface area contributed by atoms with Crippen LogP contribution in [0.15, 0.2) is 48.5 Å². The fourth-order valence-corrected chi connectivity index (χ4v) is 1.80. The van der Waals surface area contributed by atoms with Gasteiger partial charge in [-0.25, -0.2) is 0 Å². The smallest absolute Gasteiger partial charge is 0.285 e. The van der Waals surface area contributed by atoms with Crippen molar-refractivity contribution in [3.63, 3.8) is 0 Å². The summed E-state index contributed by atoms with van der Waals surface area (Å²) in [5.41, 5.74) is 6.13. The van der Waals surface area contributed by atoms with Gasteiger partial charge in [-0.1, -0.05) is 30.3 Å². The summed E-state index contributed by atoms with van der Waals surface area (Å²) in [5.74, 6) is -0.552. The molecule has 1 amide bonds. The molecule has 2 aromatic rings. The number of nitro benzene ring substituents is 1.